The summed E-state index contributed by atoms with van der Waals surface area (Å²) < 4.78 is 5.07. The van der Waals surface area contributed by atoms with Crippen molar-refractivity contribution in [2.75, 3.05) is 24.9 Å². The minimum atomic E-state index is 0.0914. The Bertz CT molecular complexity index is 330. The second-order valence-corrected chi connectivity index (χ2v) is 4.48. The second kappa shape index (κ2) is 7.17. The Morgan fingerprint density at radius 1 is 1.50 bits per heavy atom. The molecule has 16 heavy (non-hydrogen) atoms. The highest BCUT2D eigenvalue weighted by atomic mass is 35.5. The van der Waals surface area contributed by atoms with Crippen LogP contribution >= 0.6 is 34.8 Å². The third-order valence-electron chi connectivity index (χ3n) is 1.97. The molecule has 0 aliphatic carbocycles. The van der Waals surface area contributed by atoms with Crippen molar-refractivity contribution in [2.24, 2.45) is 0 Å². The monoisotopic (exact) mass is 282 g/mol. The predicted octanol–water partition coefficient (Wildman–Crippen LogP) is 3.44. The Kier molecular flexibility index (Phi) is 6.21. The maximum Gasteiger partial charge on any atom is 0.145 e. The van der Waals surface area contributed by atoms with Crippen LogP contribution in [-0.2, 0) is 4.74 Å². The summed E-state index contributed by atoms with van der Waals surface area (Å²) in [5, 5.41) is 4.16. The maximum absolute atomic E-state index is 5.99. The number of methoxy groups -OCH3 is 1. The Labute approximate surface area is 110 Å². The first kappa shape index (κ1) is 13.8. The van der Waals surface area contributed by atoms with E-state index in [1.54, 1.807) is 19.4 Å². The van der Waals surface area contributed by atoms with E-state index in [0.29, 0.717) is 28.4 Å². The smallest absolute Gasteiger partial charge is 0.145 e. The highest BCUT2D eigenvalue weighted by Crippen LogP contribution is 2.23. The number of alkyl halides is 1. The molecule has 6 heteroatoms. The van der Waals surface area contributed by atoms with Crippen molar-refractivity contribution < 1.29 is 4.74 Å². The van der Waals surface area contributed by atoms with Crippen LogP contribution in [0, 0.1) is 0 Å². The van der Waals surface area contributed by atoms with Gasteiger partial charge in [0.25, 0.3) is 0 Å². The van der Waals surface area contributed by atoms with Gasteiger partial charge in [-0.3, -0.25) is 0 Å². The van der Waals surface area contributed by atoms with Gasteiger partial charge >= 0.3 is 0 Å². The van der Waals surface area contributed by atoms with Crippen molar-refractivity contribution in [3.05, 3.63) is 22.3 Å². The lowest BCUT2D eigenvalue weighted by atomic mass is 10.2. The molecular formula is C10H13Cl3N2O. The maximum atomic E-state index is 5.99. The average molecular weight is 284 g/mol. The Hall–Kier alpha value is -0.220. The first-order valence-corrected chi connectivity index (χ1v) is 6.09. The van der Waals surface area contributed by atoms with E-state index in [1.807, 2.05) is 0 Å². The van der Waals surface area contributed by atoms with Crippen LogP contribution in [0.2, 0.25) is 10.0 Å². The van der Waals surface area contributed by atoms with Gasteiger partial charge in [0.1, 0.15) is 5.82 Å². The molecule has 0 bridgehead atoms. The van der Waals surface area contributed by atoms with E-state index in [9.17, 15) is 0 Å². The first-order chi connectivity index (χ1) is 7.67. The molecule has 1 aromatic rings. The van der Waals surface area contributed by atoms with Crippen LogP contribution < -0.4 is 5.32 Å². The lowest BCUT2D eigenvalue weighted by Gasteiger charge is -2.18. The van der Waals surface area contributed by atoms with Gasteiger partial charge in [-0.2, -0.15) is 0 Å². The van der Waals surface area contributed by atoms with Gasteiger partial charge in [-0.15, -0.1) is 11.6 Å². The van der Waals surface area contributed by atoms with Gasteiger partial charge in [-0.1, -0.05) is 23.2 Å². The third kappa shape index (κ3) is 4.34. The number of hydrogen-bond donors (Lipinski definition) is 1. The van der Waals surface area contributed by atoms with E-state index in [4.69, 9.17) is 39.5 Å². The number of rotatable bonds is 6. The second-order valence-electron chi connectivity index (χ2n) is 3.26. The summed E-state index contributed by atoms with van der Waals surface area (Å²) in [6.45, 7) is 0.549. The third-order valence-corrected chi connectivity index (χ3v) is 2.69. The molecule has 1 atom stereocenters. The van der Waals surface area contributed by atoms with Crippen molar-refractivity contribution in [3.8, 4) is 0 Å². The summed E-state index contributed by atoms with van der Waals surface area (Å²) in [7, 11) is 1.64. The number of hydrogen-bond acceptors (Lipinski definition) is 3. The van der Waals surface area contributed by atoms with E-state index >= 15 is 0 Å². The minimum absolute atomic E-state index is 0.0914. The highest BCUT2D eigenvalue weighted by molar-refractivity contribution is 6.35. The molecule has 1 rings (SSSR count). The van der Waals surface area contributed by atoms with E-state index < -0.39 is 0 Å². The van der Waals surface area contributed by atoms with Crippen LogP contribution in [0.4, 0.5) is 5.82 Å². The molecule has 0 saturated carbocycles. The number of pyridine rings is 1. The first-order valence-electron chi connectivity index (χ1n) is 4.80. The van der Waals surface area contributed by atoms with E-state index in [1.165, 1.54) is 0 Å². The van der Waals surface area contributed by atoms with Crippen LogP contribution in [0.25, 0.3) is 0 Å². The summed E-state index contributed by atoms with van der Waals surface area (Å²) in [6.07, 6.45) is 2.32. The normalized spacial score (nSPS) is 12.5. The number of halogens is 3. The molecule has 90 valence electrons. The summed E-state index contributed by atoms with van der Waals surface area (Å²) in [5.74, 6) is 1.14. The molecule has 0 aromatic carbocycles. The SMILES string of the molecule is COCC(CCCl)Nc1ncc(Cl)cc1Cl. The topological polar surface area (TPSA) is 34.1 Å². The van der Waals surface area contributed by atoms with Gasteiger partial charge in [0.2, 0.25) is 0 Å². The Morgan fingerprint density at radius 3 is 2.81 bits per heavy atom. The number of aromatic nitrogens is 1. The molecule has 0 fully saturated rings. The fourth-order valence-electron chi connectivity index (χ4n) is 1.24. The zero-order chi connectivity index (χ0) is 12.0. The minimum Gasteiger partial charge on any atom is -0.383 e. The molecule has 0 amide bonds. The van der Waals surface area contributed by atoms with Crippen LogP contribution in [0.15, 0.2) is 12.3 Å². The van der Waals surface area contributed by atoms with Gasteiger partial charge < -0.3 is 10.1 Å². The van der Waals surface area contributed by atoms with Gasteiger partial charge in [-0.05, 0) is 12.5 Å². The predicted molar refractivity (Wildman–Crippen MR) is 68.9 cm³/mol. The van der Waals surface area contributed by atoms with Crippen molar-refractivity contribution in [3.63, 3.8) is 0 Å². The van der Waals surface area contributed by atoms with Gasteiger partial charge in [-0.25, -0.2) is 4.98 Å². The molecule has 1 heterocycles. The molecule has 1 unspecified atom stereocenters. The molecular weight excluding hydrogens is 270 g/mol. The largest absolute Gasteiger partial charge is 0.383 e. The van der Waals surface area contributed by atoms with Crippen molar-refractivity contribution in [1.82, 2.24) is 4.98 Å². The summed E-state index contributed by atoms with van der Waals surface area (Å²) >= 11 is 17.4. The van der Waals surface area contributed by atoms with Crippen molar-refractivity contribution >= 4 is 40.6 Å². The molecule has 3 nitrogen and oxygen atoms in total. The molecule has 1 N–H and O–H groups in total. The van der Waals surface area contributed by atoms with Crippen LogP contribution in [0.1, 0.15) is 6.42 Å². The van der Waals surface area contributed by atoms with Gasteiger partial charge in [0, 0.05) is 19.2 Å². The zero-order valence-corrected chi connectivity index (χ0v) is 11.1. The molecule has 0 spiro atoms. The molecule has 0 radical (unpaired) electrons. The standard InChI is InChI=1S/C10H13Cl3N2O/c1-16-6-8(2-3-11)15-10-9(13)4-7(12)5-14-10/h4-5,8H,2-3,6H2,1H3,(H,14,15). The Morgan fingerprint density at radius 2 is 2.25 bits per heavy atom. The van der Waals surface area contributed by atoms with Crippen molar-refractivity contribution in [2.45, 2.75) is 12.5 Å². The molecule has 0 aliphatic heterocycles. The quantitative estimate of drug-likeness (QED) is 0.812. The summed E-state index contributed by atoms with van der Waals surface area (Å²) in [5.41, 5.74) is 0. The number of nitrogens with one attached hydrogen (secondary N) is 1. The average Bonchev–Trinajstić information content (AvgIpc) is 2.23. The summed E-state index contributed by atoms with van der Waals surface area (Å²) in [6, 6.07) is 1.73. The van der Waals surface area contributed by atoms with E-state index in [2.05, 4.69) is 10.3 Å². The van der Waals surface area contributed by atoms with Crippen LogP contribution in [0.3, 0.4) is 0 Å². The fourth-order valence-corrected chi connectivity index (χ4v) is 1.94. The lowest BCUT2D eigenvalue weighted by Crippen LogP contribution is -2.26. The number of anilines is 1. The molecule has 0 aliphatic rings. The Balaban J connectivity index is 2.68. The fraction of sp³-hybridized carbons (Fsp3) is 0.500. The van der Waals surface area contributed by atoms with Gasteiger partial charge in [0.05, 0.1) is 22.7 Å². The van der Waals surface area contributed by atoms with E-state index in [-0.39, 0.29) is 6.04 Å². The number of ether oxygens (including phenoxy) is 1. The molecule has 1 aromatic heterocycles. The van der Waals surface area contributed by atoms with E-state index in [0.717, 1.165) is 6.42 Å². The summed E-state index contributed by atoms with van der Waals surface area (Å²) in [4.78, 5) is 4.11. The zero-order valence-electron chi connectivity index (χ0n) is 8.84. The highest BCUT2D eigenvalue weighted by Gasteiger charge is 2.10. The van der Waals surface area contributed by atoms with Gasteiger partial charge in [0.15, 0.2) is 0 Å². The molecule has 0 saturated heterocycles. The van der Waals surface area contributed by atoms with Crippen LogP contribution in [-0.4, -0.2) is 30.6 Å². The van der Waals surface area contributed by atoms with Crippen LogP contribution in [0.5, 0.6) is 0 Å². The lowest BCUT2D eigenvalue weighted by molar-refractivity contribution is 0.184. The number of nitrogens with zero attached hydrogens (tertiary/aromatic N) is 1. The van der Waals surface area contributed by atoms with Crippen molar-refractivity contribution in [1.29, 1.82) is 0 Å².